The van der Waals surface area contributed by atoms with Gasteiger partial charge in [0.15, 0.2) is 0 Å². The molecule has 130 valence electrons. The van der Waals surface area contributed by atoms with Crippen molar-refractivity contribution in [1.29, 1.82) is 0 Å². The van der Waals surface area contributed by atoms with Crippen LogP contribution in [0.15, 0.2) is 24.5 Å². The van der Waals surface area contributed by atoms with Crippen molar-refractivity contribution in [3.63, 3.8) is 0 Å². The number of carboxylic acid groups (broad SMARTS) is 1. The van der Waals surface area contributed by atoms with E-state index < -0.39 is 42.3 Å². The molecule has 0 aromatic carbocycles. The minimum atomic E-state index is -1.29. The quantitative estimate of drug-likeness (QED) is 0.419. The molecule has 6 N–H and O–H groups in total. The maximum absolute atomic E-state index is 12.9. The van der Waals surface area contributed by atoms with E-state index in [1.165, 1.54) is 0 Å². The highest BCUT2D eigenvalue weighted by Gasteiger charge is 2.49. The van der Waals surface area contributed by atoms with Gasteiger partial charge in [0, 0.05) is 24.9 Å². The fourth-order valence-electron chi connectivity index (χ4n) is 3.49. The van der Waals surface area contributed by atoms with Crippen molar-refractivity contribution in [3.8, 4) is 0 Å². The van der Waals surface area contributed by atoms with Crippen molar-refractivity contribution >= 4 is 11.9 Å². The molecule has 0 saturated carbocycles. The van der Waals surface area contributed by atoms with Crippen LogP contribution in [0, 0.1) is 0 Å². The van der Waals surface area contributed by atoms with Gasteiger partial charge in [-0.1, -0.05) is 6.07 Å². The van der Waals surface area contributed by atoms with E-state index in [2.05, 4.69) is 10.3 Å². The first-order valence-corrected chi connectivity index (χ1v) is 7.71. The van der Waals surface area contributed by atoms with Gasteiger partial charge in [-0.05, 0) is 18.1 Å². The van der Waals surface area contributed by atoms with Gasteiger partial charge in [0.2, 0.25) is 5.91 Å². The van der Waals surface area contributed by atoms with Gasteiger partial charge in [-0.3, -0.25) is 15.1 Å². The Bertz CT molecular complexity index is 628. The zero-order chi connectivity index (χ0) is 17.4. The zero-order valence-corrected chi connectivity index (χ0v) is 12.8. The summed E-state index contributed by atoms with van der Waals surface area (Å²) in [5, 5.41) is 31.9. The molecule has 2 aliphatic rings. The molecule has 1 amide bonds. The third kappa shape index (κ3) is 2.86. The summed E-state index contributed by atoms with van der Waals surface area (Å²) in [6, 6.07) is 0.397. The summed E-state index contributed by atoms with van der Waals surface area (Å²) >= 11 is 0. The van der Waals surface area contributed by atoms with Crippen molar-refractivity contribution in [1.82, 2.24) is 15.2 Å². The van der Waals surface area contributed by atoms with Crippen LogP contribution in [-0.2, 0) is 9.59 Å². The van der Waals surface area contributed by atoms with Crippen LogP contribution in [0.1, 0.15) is 17.9 Å². The smallest absolute Gasteiger partial charge is 0.328 e. The first-order chi connectivity index (χ1) is 11.4. The molecule has 0 aliphatic carbocycles. The van der Waals surface area contributed by atoms with Gasteiger partial charge in [-0.15, -0.1) is 0 Å². The van der Waals surface area contributed by atoms with E-state index in [1.54, 1.807) is 24.5 Å². The van der Waals surface area contributed by atoms with Crippen LogP contribution < -0.4 is 11.1 Å². The van der Waals surface area contributed by atoms with Crippen LogP contribution in [0.3, 0.4) is 0 Å². The Hall–Kier alpha value is -2.07. The summed E-state index contributed by atoms with van der Waals surface area (Å²) in [6.07, 6.45) is 1.55. The Kier molecular flexibility index (Phi) is 4.50. The molecule has 0 radical (unpaired) electrons. The van der Waals surface area contributed by atoms with E-state index in [1.807, 2.05) is 0 Å². The highest BCUT2D eigenvalue weighted by molar-refractivity contribution is 5.89. The lowest BCUT2D eigenvalue weighted by Crippen LogP contribution is -2.54. The van der Waals surface area contributed by atoms with Crippen molar-refractivity contribution in [3.05, 3.63) is 30.1 Å². The van der Waals surface area contributed by atoms with Crippen LogP contribution in [0.5, 0.6) is 0 Å². The molecule has 0 bridgehead atoms. The summed E-state index contributed by atoms with van der Waals surface area (Å²) in [7, 11) is 0. The highest BCUT2D eigenvalue weighted by atomic mass is 16.4. The fraction of sp³-hybridized carbons (Fsp3) is 0.533. The molecule has 24 heavy (non-hydrogen) atoms. The second kappa shape index (κ2) is 6.44. The average Bonchev–Trinajstić information content (AvgIpc) is 3.08. The lowest BCUT2D eigenvalue weighted by Gasteiger charge is -2.28. The molecule has 2 fully saturated rings. The predicted molar refractivity (Wildman–Crippen MR) is 81.6 cm³/mol. The van der Waals surface area contributed by atoms with Crippen molar-refractivity contribution in [2.45, 2.75) is 42.8 Å². The van der Waals surface area contributed by atoms with Gasteiger partial charge >= 0.3 is 5.97 Å². The maximum Gasteiger partial charge on any atom is 0.328 e. The monoisotopic (exact) mass is 336 g/mol. The number of aliphatic carboxylic acids is 1. The number of rotatable bonds is 3. The summed E-state index contributed by atoms with van der Waals surface area (Å²) < 4.78 is 0. The Morgan fingerprint density at radius 1 is 1.38 bits per heavy atom. The summed E-state index contributed by atoms with van der Waals surface area (Å²) in [5.41, 5.74) is 6.49. The maximum atomic E-state index is 12.9. The number of carbonyl (C=O) groups is 2. The van der Waals surface area contributed by atoms with Gasteiger partial charge < -0.3 is 26.0 Å². The van der Waals surface area contributed by atoms with Gasteiger partial charge in [0.05, 0.1) is 18.2 Å². The Balaban J connectivity index is 1.86. The first kappa shape index (κ1) is 16.8. The number of aromatic nitrogens is 1. The van der Waals surface area contributed by atoms with E-state index in [-0.39, 0.29) is 12.5 Å². The average molecular weight is 336 g/mol. The lowest BCUT2D eigenvalue weighted by molar-refractivity contribution is -0.149. The summed E-state index contributed by atoms with van der Waals surface area (Å²) in [5.74, 6) is -2.10. The summed E-state index contributed by atoms with van der Waals surface area (Å²) in [6.45, 7) is -0.148. The number of aliphatic hydroxyl groups is 2. The normalized spacial score (nSPS) is 36.0. The molecule has 9 heteroatoms. The molecule has 0 spiro atoms. The number of nitrogens with one attached hydrogen (secondary N) is 1. The van der Waals surface area contributed by atoms with Crippen LogP contribution >= 0.6 is 0 Å². The number of pyridine rings is 1. The SMILES string of the molecule is NC1C(O)CN(C(=O)C2NC(O)CC2c2cccnc2)C1C(=O)O. The van der Waals surface area contributed by atoms with Gasteiger partial charge in [0.1, 0.15) is 12.3 Å². The third-order valence-corrected chi connectivity index (χ3v) is 4.69. The highest BCUT2D eigenvalue weighted by Crippen LogP contribution is 2.32. The third-order valence-electron chi connectivity index (χ3n) is 4.69. The standard InChI is InChI=1S/C15H20N4O5/c16-11-9(20)6-19(13(11)15(23)24)14(22)12-8(4-10(21)18-12)7-2-1-3-17-5-7/h1-3,5,8-13,18,20-21H,4,6,16H2,(H,23,24). The molecular formula is C15H20N4O5. The number of carbonyl (C=O) groups excluding carboxylic acids is 1. The predicted octanol–water partition coefficient (Wildman–Crippen LogP) is -2.17. The molecule has 1 aromatic rings. The molecule has 1 aromatic heterocycles. The Morgan fingerprint density at radius 2 is 2.12 bits per heavy atom. The molecule has 2 aliphatic heterocycles. The van der Waals surface area contributed by atoms with E-state index in [9.17, 15) is 24.9 Å². The molecular weight excluding hydrogens is 316 g/mol. The Morgan fingerprint density at radius 3 is 2.75 bits per heavy atom. The minimum Gasteiger partial charge on any atom is -0.480 e. The van der Waals surface area contributed by atoms with Crippen molar-refractivity contribution in [2.75, 3.05) is 6.54 Å². The largest absolute Gasteiger partial charge is 0.480 e. The van der Waals surface area contributed by atoms with Crippen LogP contribution in [0.4, 0.5) is 0 Å². The molecule has 3 rings (SSSR count). The number of carboxylic acids is 1. The van der Waals surface area contributed by atoms with Gasteiger partial charge in [0.25, 0.3) is 0 Å². The number of hydrogen-bond acceptors (Lipinski definition) is 7. The van der Waals surface area contributed by atoms with Crippen molar-refractivity contribution in [2.24, 2.45) is 5.73 Å². The van der Waals surface area contributed by atoms with E-state index in [4.69, 9.17) is 5.73 Å². The Labute approximate surface area is 138 Å². The van der Waals surface area contributed by atoms with Crippen LogP contribution in [-0.4, -0.2) is 74.1 Å². The van der Waals surface area contributed by atoms with Gasteiger partial charge in [-0.2, -0.15) is 0 Å². The van der Waals surface area contributed by atoms with E-state index in [0.29, 0.717) is 6.42 Å². The second-order valence-corrected chi connectivity index (χ2v) is 6.21. The van der Waals surface area contributed by atoms with E-state index in [0.717, 1.165) is 10.5 Å². The number of likely N-dealkylation sites (tertiary alicyclic amines) is 1. The first-order valence-electron chi connectivity index (χ1n) is 7.71. The number of hydrogen-bond donors (Lipinski definition) is 5. The molecule has 3 heterocycles. The van der Waals surface area contributed by atoms with Crippen molar-refractivity contribution < 1.29 is 24.9 Å². The summed E-state index contributed by atoms with van der Waals surface area (Å²) in [4.78, 5) is 29.4. The zero-order valence-electron chi connectivity index (χ0n) is 12.8. The lowest BCUT2D eigenvalue weighted by atomic mass is 9.92. The topological polar surface area (TPSA) is 149 Å². The van der Waals surface area contributed by atoms with E-state index >= 15 is 0 Å². The molecule has 6 atom stereocenters. The molecule has 6 unspecified atom stereocenters. The molecule has 9 nitrogen and oxygen atoms in total. The second-order valence-electron chi connectivity index (χ2n) is 6.21. The number of nitrogens with two attached hydrogens (primary N) is 1. The van der Waals surface area contributed by atoms with Crippen LogP contribution in [0.2, 0.25) is 0 Å². The van der Waals surface area contributed by atoms with Gasteiger partial charge in [-0.25, -0.2) is 4.79 Å². The minimum absolute atomic E-state index is 0.148. The number of amides is 1. The number of β-amino-alcohol motifs (C(OH)–C–C–N with tert-alkyl or cyclic N) is 1. The number of nitrogens with zero attached hydrogens (tertiary/aromatic N) is 2. The number of aliphatic hydroxyl groups excluding tert-OH is 2. The van der Waals surface area contributed by atoms with Crippen LogP contribution in [0.25, 0.3) is 0 Å². The fourth-order valence-corrected chi connectivity index (χ4v) is 3.49. The molecule has 2 saturated heterocycles.